The zero-order valence-electron chi connectivity index (χ0n) is 10.2. The van der Waals surface area contributed by atoms with Crippen LogP contribution in [0.4, 0.5) is 5.69 Å². The van der Waals surface area contributed by atoms with Gasteiger partial charge in [0, 0.05) is 11.1 Å². The van der Waals surface area contributed by atoms with E-state index in [0.29, 0.717) is 16.6 Å². The number of hydrogen-bond donors (Lipinski definition) is 2. The van der Waals surface area contributed by atoms with Crippen LogP contribution in [0, 0.1) is 13.8 Å². The Hall–Kier alpha value is -2.36. The quantitative estimate of drug-likeness (QED) is 0.591. The number of benzene rings is 1. The van der Waals surface area contributed by atoms with Gasteiger partial charge in [-0.05, 0) is 31.5 Å². The maximum absolute atomic E-state index is 12.0. The highest BCUT2D eigenvalue weighted by Gasteiger charge is 2.11. The van der Waals surface area contributed by atoms with Crippen molar-refractivity contribution in [2.45, 2.75) is 13.8 Å². The summed E-state index contributed by atoms with van der Waals surface area (Å²) in [6.45, 7) is 3.80. The van der Waals surface area contributed by atoms with Crippen LogP contribution in [-0.4, -0.2) is 9.97 Å². The second-order valence-corrected chi connectivity index (χ2v) is 4.54. The summed E-state index contributed by atoms with van der Waals surface area (Å²) in [6.07, 6.45) is 0. The normalized spacial score (nSPS) is 11.2. The van der Waals surface area contributed by atoms with Gasteiger partial charge >= 0.3 is 0 Å². The molecule has 18 heavy (non-hydrogen) atoms. The fourth-order valence-electron chi connectivity index (χ4n) is 2.37. The molecule has 0 saturated carbocycles. The largest absolute Gasteiger partial charge is 0.397 e. The molecule has 0 atom stereocenters. The summed E-state index contributed by atoms with van der Waals surface area (Å²) in [5.41, 5.74) is 9.75. The molecule has 0 aliphatic heterocycles. The van der Waals surface area contributed by atoms with Crippen LogP contribution in [0.3, 0.4) is 0 Å². The van der Waals surface area contributed by atoms with E-state index >= 15 is 0 Å². The number of rotatable bonds is 0. The molecule has 2 heterocycles. The number of nitrogens with one attached hydrogen (secondary N) is 1. The van der Waals surface area contributed by atoms with Gasteiger partial charge in [-0.2, -0.15) is 0 Å². The first kappa shape index (κ1) is 10.8. The molecule has 0 radical (unpaired) electrons. The fraction of sp³-hybridized carbons (Fsp3) is 0.143. The topological polar surface area (TPSA) is 71.8 Å². The maximum atomic E-state index is 12.0. The molecule has 0 fully saturated rings. The smallest absolute Gasteiger partial charge is 0.259 e. The number of fused-ring (bicyclic) bond motifs is 2. The number of aromatic amines is 1. The number of aryl methyl sites for hydroxylation is 2. The van der Waals surface area contributed by atoms with Crippen molar-refractivity contribution < 1.29 is 0 Å². The Balaban J connectivity index is 2.66. The lowest BCUT2D eigenvalue weighted by Crippen LogP contribution is -2.11. The summed E-state index contributed by atoms with van der Waals surface area (Å²) in [4.78, 5) is 19.3. The van der Waals surface area contributed by atoms with Crippen molar-refractivity contribution in [2.24, 2.45) is 0 Å². The molecular formula is C14H13N3O. The third-order valence-electron chi connectivity index (χ3n) is 3.18. The average molecular weight is 239 g/mol. The second kappa shape index (κ2) is 3.57. The molecule has 0 amide bonds. The molecule has 0 bridgehead atoms. The Morgan fingerprint density at radius 1 is 1.17 bits per heavy atom. The molecule has 4 heteroatoms. The zero-order valence-corrected chi connectivity index (χ0v) is 10.2. The molecule has 0 aliphatic carbocycles. The number of nitrogens with zero attached hydrogens (tertiary/aromatic N) is 1. The number of H-pyrrole nitrogens is 1. The van der Waals surface area contributed by atoms with E-state index in [1.807, 2.05) is 38.1 Å². The summed E-state index contributed by atoms with van der Waals surface area (Å²) in [5.74, 6) is 0. The summed E-state index contributed by atoms with van der Waals surface area (Å²) in [6, 6.07) is 7.66. The Morgan fingerprint density at radius 2 is 1.94 bits per heavy atom. The lowest BCUT2D eigenvalue weighted by molar-refractivity contribution is 1.16. The van der Waals surface area contributed by atoms with Gasteiger partial charge in [0.25, 0.3) is 5.56 Å². The predicted molar refractivity (Wildman–Crippen MR) is 73.8 cm³/mol. The van der Waals surface area contributed by atoms with E-state index in [9.17, 15) is 4.79 Å². The van der Waals surface area contributed by atoms with Crippen molar-refractivity contribution >= 4 is 27.5 Å². The van der Waals surface area contributed by atoms with Gasteiger partial charge in [-0.15, -0.1) is 0 Å². The number of anilines is 1. The highest BCUT2D eigenvalue weighted by molar-refractivity contribution is 6.07. The highest BCUT2D eigenvalue weighted by Crippen LogP contribution is 2.28. The minimum absolute atomic E-state index is 0.180. The Bertz CT molecular complexity index is 834. The molecule has 0 aliphatic rings. The van der Waals surface area contributed by atoms with Gasteiger partial charge in [0.05, 0.1) is 22.1 Å². The van der Waals surface area contributed by atoms with Crippen LogP contribution >= 0.6 is 0 Å². The van der Waals surface area contributed by atoms with Crippen LogP contribution in [0.5, 0.6) is 0 Å². The Morgan fingerprint density at radius 3 is 2.72 bits per heavy atom. The van der Waals surface area contributed by atoms with E-state index in [1.54, 1.807) is 0 Å². The first-order valence-corrected chi connectivity index (χ1v) is 5.76. The molecular weight excluding hydrogens is 226 g/mol. The van der Waals surface area contributed by atoms with Gasteiger partial charge < -0.3 is 10.7 Å². The lowest BCUT2D eigenvalue weighted by atomic mass is 10.0. The number of hydrogen-bond acceptors (Lipinski definition) is 3. The molecule has 3 aromatic rings. The van der Waals surface area contributed by atoms with E-state index in [0.717, 1.165) is 22.2 Å². The molecule has 0 saturated heterocycles. The Labute approximate surface area is 103 Å². The summed E-state index contributed by atoms with van der Waals surface area (Å²) < 4.78 is 0. The highest BCUT2D eigenvalue weighted by atomic mass is 16.1. The average Bonchev–Trinajstić information content (AvgIpc) is 2.27. The van der Waals surface area contributed by atoms with Crippen molar-refractivity contribution in [1.82, 2.24) is 9.97 Å². The fourth-order valence-corrected chi connectivity index (χ4v) is 2.37. The minimum Gasteiger partial charge on any atom is -0.397 e. The maximum Gasteiger partial charge on any atom is 0.259 e. The van der Waals surface area contributed by atoms with Crippen LogP contribution < -0.4 is 11.3 Å². The standard InChI is InChI=1S/C14H13N3O/c1-7-4-3-5-9-11(7)13(15)12-10(17-9)6-8(2)16-14(12)18/h3-6H,1-2H3,(H2,15,17)(H,16,18). The van der Waals surface area contributed by atoms with E-state index in [4.69, 9.17) is 5.73 Å². The first-order chi connectivity index (χ1) is 8.58. The van der Waals surface area contributed by atoms with E-state index in [1.165, 1.54) is 0 Å². The Kier molecular flexibility index (Phi) is 2.13. The van der Waals surface area contributed by atoms with Crippen molar-refractivity contribution in [3.05, 3.63) is 45.9 Å². The van der Waals surface area contributed by atoms with Crippen LogP contribution in [-0.2, 0) is 0 Å². The molecule has 1 aromatic carbocycles. The molecule has 4 nitrogen and oxygen atoms in total. The third-order valence-corrected chi connectivity index (χ3v) is 3.18. The molecule has 3 rings (SSSR count). The predicted octanol–water partition coefficient (Wildman–Crippen LogP) is 2.28. The second-order valence-electron chi connectivity index (χ2n) is 4.54. The van der Waals surface area contributed by atoms with Crippen LogP contribution in [0.25, 0.3) is 21.8 Å². The summed E-state index contributed by atoms with van der Waals surface area (Å²) >= 11 is 0. The van der Waals surface area contributed by atoms with Gasteiger partial charge in [-0.25, -0.2) is 4.98 Å². The van der Waals surface area contributed by atoms with Crippen molar-refractivity contribution in [1.29, 1.82) is 0 Å². The molecule has 2 aromatic heterocycles. The van der Waals surface area contributed by atoms with Gasteiger partial charge in [0.15, 0.2) is 0 Å². The third kappa shape index (κ3) is 1.39. The summed E-state index contributed by atoms with van der Waals surface area (Å²) in [5, 5.41) is 1.33. The summed E-state index contributed by atoms with van der Waals surface area (Å²) in [7, 11) is 0. The first-order valence-electron chi connectivity index (χ1n) is 5.76. The van der Waals surface area contributed by atoms with Crippen LogP contribution in [0.15, 0.2) is 29.1 Å². The van der Waals surface area contributed by atoms with Crippen LogP contribution in [0.1, 0.15) is 11.3 Å². The lowest BCUT2D eigenvalue weighted by Gasteiger charge is -2.08. The zero-order chi connectivity index (χ0) is 12.9. The number of nitrogen functional groups attached to an aromatic ring is 1. The minimum atomic E-state index is -0.180. The van der Waals surface area contributed by atoms with E-state index < -0.39 is 0 Å². The monoisotopic (exact) mass is 239 g/mol. The number of nitrogens with two attached hydrogens (primary N) is 1. The van der Waals surface area contributed by atoms with Crippen molar-refractivity contribution in [3.8, 4) is 0 Å². The van der Waals surface area contributed by atoms with Gasteiger partial charge in [-0.1, -0.05) is 12.1 Å². The SMILES string of the molecule is Cc1cc2nc3cccc(C)c3c(N)c2c(=O)[nH]1. The van der Waals surface area contributed by atoms with Crippen LogP contribution in [0.2, 0.25) is 0 Å². The number of aromatic nitrogens is 2. The molecule has 0 unspecified atom stereocenters. The van der Waals surface area contributed by atoms with Gasteiger partial charge in [0.1, 0.15) is 0 Å². The van der Waals surface area contributed by atoms with E-state index in [-0.39, 0.29) is 5.56 Å². The van der Waals surface area contributed by atoms with E-state index in [2.05, 4.69) is 9.97 Å². The molecule has 0 spiro atoms. The number of pyridine rings is 2. The van der Waals surface area contributed by atoms with Crippen molar-refractivity contribution in [3.63, 3.8) is 0 Å². The molecule has 3 N–H and O–H groups in total. The molecule has 90 valence electrons. The van der Waals surface area contributed by atoms with Gasteiger partial charge in [0.2, 0.25) is 0 Å². The van der Waals surface area contributed by atoms with Gasteiger partial charge in [-0.3, -0.25) is 4.79 Å². The van der Waals surface area contributed by atoms with Crippen molar-refractivity contribution in [2.75, 3.05) is 5.73 Å².